The lowest BCUT2D eigenvalue weighted by molar-refractivity contribution is 0.268. The van der Waals surface area contributed by atoms with Crippen LogP contribution in [0.1, 0.15) is 19.8 Å². The fraction of sp³-hybridized carbons (Fsp3) is 1.00. The molecular weight excluding hydrogens is 282 g/mol. The minimum atomic E-state index is -3.28. The number of nitrogens with one attached hydrogen (secondary N) is 2. The molecule has 1 atom stereocenters. The van der Waals surface area contributed by atoms with Crippen LogP contribution in [0.25, 0.3) is 0 Å². The monoisotopic (exact) mass is 309 g/mol. The summed E-state index contributed by atoms with van der Waals surface area (Å²) in [4.78, 5) is 0. The highest BCUT2D eigenvalue weighted by atomic mass is 32.2. The Morgan fingerprint density at radius 1 is 1.37 bits per heavy atom. The van der Waals surface area contributed by atoms with Gasteiger partial charge in [-0.2, -0.15) is 24.5 Å². The Labute approximate surface area is 122 Å². The number of rotatable bonds is 8. The van der Waals surface area contributed by atoms with Crippen LogP contribution in [-0.2, 0) is 10.2 Å². The summed E-state index contributed by atoms with van der Waals surface area (Å²) in [6.07, 6.45) is 3.93. The Bertz CT molecular complexity index is 341. The predicted octanol–water partition coefficient (Wildman–Crippen LogP) is 0.751. The minimum absolute atomic E-state index is 0.367. The molecule has 0 aromatic heterocycles. The van der Waals surface area contributed by atoms with E-state index in [1.807, 2.05) is 13.3 Å². The van der Waals surface area contributed by atoms with Crippen molar-refractivity contribution in [3.63, 3.8) is 0 Å². The fourth-order valence-corrected chi connectivity index (χ4v) is 4.38. The normalized spacial score (nSPS) is 20.6. The van der Waals surface area contributed by atoms with Crippen molar-refractivity contribution < 1.29 is 8.42 Å². The Morgan fingerprint density at radius 3 is 2.53 bits per heavy atom. The van der Waals surface area contributed by atoms with Crippen LogP contribution in [0, 0.1) is 11.8 Å². The van der Waals surface area contributed by atoms with Gasteiger partial charge in [0.25, 0.3) is 10.2 Å². The van der Waals surface area contributed by atoms with Crippen molar-refractivity contribution in [1.29, 1.82) is 0 Å². The number of thioether (sulfide) groups is 1. The SMILES string of the molecule is CNCC1CCN(S(=O)(=O)NCC(C)CSC)CC1. The van der Waals surface area contributed by atoms with Crippen LogP contribution in [-0.4, -0.2) is 58.0 Å². The first-order chi connectivity index (χ1) is 8.99. The van der Waals surface area contributed by atoms with Crippen molar-refractivity contribution >= 4 is 22.0 Å². The van der Waals surface area contributed by atoms with Crippen LogP contribution < -0.4 is 10.0 Å². The van der Waals surface area contributed by atoms with Gasteiger partial charge in [-0.1, -0.05) is 6.92 Å². The maximum absolute atomic E-state index is 12.2. The van der Waals surface area contributed by atoms with E-state index in [2.05, 4.69) is 17.0 Å². The van der Waals surface area contributed by atoms with Gasteiger partial charge in [0.2, 0.25) is 0 Å². The zero-order valence-electron chi connectivity index (χ0n) is 12.2. The van der Waals surface area contributed by atoms with Gasteiger partial charge in [0.05, 0.1) is 0 Å². The molecule has 19 heavy (non-hydrogen) atoms. The van der Waals surface area contributed by atoms with Gasteiger partial charge in [0, 0.05) is 19.6 Å². The van der Waals surface area contributed by atoms with Crippen LogP contribution in [0.5, 0.6) is 0 Å². The van der Waals surface area contributed by atoms with Gasteiger partial charge in [-0.3, -0.25) is 0 Å². The molecule has 2 N–H and O–H groups in total. The average molecular weight is 310 g/mol. The molecule has 1 unspecified atom stereocenters. The van der Waals surface area contributed by atoms with E-state index >= 15 is 0 Å². The Hall–Kier alpha value is 0.180. The predicted molar refractivity (Wildman–Crippen MR) is 82.7 cm³/mol. The van der Waals surface area contributed by atoms with Crippen LogP contribution >= 0.6 is 11.8 Å². The number of hydrogen-bond donors (Lipinski definition) is 2. The molecule has 114 valence electrons. The molecule has 0 aliphatic carbocycles. The molecule has 0 radical (unpaired) electrons. The van der Waals surface area contributed by atoms with Crippen LogP contribution in [0.4, 0.5) is 0 Å². The molecule has 5 nitrogen and oxygen atoms in total. The molecule has 1 rings (SSSR count). The first-order valence-corrected chi connectivity index (χ1v) is 9.71. The second kappa shape index (κ2) is 8.46. The molecule has 0 amide bonds. The molecule has 0 spiro atoms. The average Bonchev–Trinajstić information content (AvgIpc) is 2.38. The third-order valence-electron chi connectivity index (χ3n) is 3.47. The molecule has 0 aromatic carbocycles. The van der Waals surface area contributed by atoms with E-state index in [1.54, 1.807) is 16.1 Å². The summed E-state index contributed by atoms with van der Waals surface area (Å²) < 4.78 is 28.6. The maximum Gasteiger partial charge on any atom is 0.279 e. The fourth-order valence-electron chi connectivity index (χ4n) is 2.32. The van der Waals surface area contributed by atoms with E-state index in [0.29, 0.717) is 31.5 Å². The van der Waals surface area contributed by atoms with Gasteiger partial charge >= 0.3 is 0 Å². The lowest BCUT2D eigenvalue weighted by Crippen LogP contribution is -2.47. The Morgan fingerprint density at radius 2 is 2.00 bits per heavy atom. The molecule has 0 bridgehead atoms. The molecule has 7 heteroatoms. The van der Waals surface area contributed by atoms with Crippen molar-refractivity contribution in [3.05, 3.63) is 0 Å². The van der Waals surface area contributed by atoms with Gasteiger partial charge in [-0.25, -0.2) is 4.72 Å². The van der Waals surface area contributed by atoms with Crippen molar-refractivity contribution in [3.8, 4) is 0 Å². The third kappa shape index (κ3) is 5.99. The Kier molecular flexibility index (Phi) is 7.68. The summed E-state index contributed by atoms with van der Waals surface area (Å²) in [6, 6.07) is 0. The van der Waals surface area contributed by atoms with Gasteiger partial charge in [0.15, 0.2) is 0 Å². The Balaban J connectivity index is 2.38. The van der Waals surface area contributed by atoms with Crippen LogP contribution in [0.2, 0.25) is 0 Å². The summed E-state index contributed by atoms with van der Waals surface area (Å²) in [5.41, 5.74) is 0. The molecule has 0 saturated carbocycles. The first-order valence-electron chi connectivity index (χ1n) is 6.88. The lowest BCUT2D eigenvalue weighted by atomic mass is 9.98. The van der Waals surface area contributed by atoms with Crippen molar-refractivity contribution in [2.45, 2.75) is 19.8 Å². The molecule has 1 aliphatic rings. The highest BCUT2D eigenvalue weighted by molar-refractivity contribution is 7.98. The van der Waals surface area contributed by atoms with E-state index in [-0.39, 0.29) is 0 Å². The second-order valence-corrected chi connectivity index (χ2v) is 7.98. The summed E-state index contributed by atoms with van der Waals surface area (Å²) in [7, 11) is -1.34. The summed E-state index contributed by atoms with van der Waals surface area (Å²) in [5, 5.41) is 3.16. The molecule has 1 heterocycles. The second-order valence-electron chi connectivity index (χ2n) is 5.31. The maximum atomic E-state index is 12.2. The van der Waals surface area contributed by atoms with Gasteiger partial charge < -0.3 is 5.32 Å². The standard InChI is InChI=1S/C12H27N3O2S2/c1-11(10-18-3)8-14-19(16,17)15-6-4-12(5-7-15)9-13-2/h11-14H,4-10H2,1-3H3. The highest BCUT2D eigenvalue weighted by Crippen LogP contribution is 2.18. The van der Waals surface area contributed by atoms with Crippen molar-refractivity contribution in [2.24, 2.45) is 11.8 Å². The topological polar surface area (TPSA) is 61.4 Å². The zero-order chi connectivity index (χ0) is 14.3. The summed E-state index contributed by atoms with van der Waals surface area (Å²) in [5.74, 6) is 1.95. The smallest absolute Gasteiger partial charge is 0.279 e. The largest absolute Gasteiger partial charge is 0.319 e. The number of hydrogen-bond acceptors (Lipinski definition) is 4. The quantitative estimate of drug-likeness (QED) is 0.695. The van der Waals surface area contributed by atoms with Crippen LogP contribution in [0.3, 0.4) is 0 Å². The van der Waals surface area contributed by atoms with Gasteiger partial charge in [-0.05, 0) is 50.3 Å². The van der Waals surface area contributed by atoms with Crippen molar-refractivity contribution in [2.75, 3.05) is 45.2 Å². The molecule has 0 aromatic rings. The molecule has 1 fully saturated rings. The van der Waals surface area contributed by atoms with E-state index < -0.39 is 10.2 Å². The minimum Gasteiger partial charge on any atom is -0.319 e. The van der Waals surface area contributed by atoms with Crippen LogP contribution in [0.15, 0.2) is 0 Å². The lowest BCUT2D eigenvalue weighted by Gasteiger charge is -2.31. The summed E-state index contributed by atoms with van der Waals surface area (Å²) in [6.45, 7) is 4.85. The molecular formula is C12H27N3O2S2. The van der Waals surface area contributed by atoms with E-state index in [1.165, 1.54) is 0 Å². The zero-order valence-corrected chi connectivity index (χ0v) is 13.8. The van der Waals surface area contributed by atoms with Crippen molar-refractivity contribution in [1.82, 2.24) is 14.3 Å². The third-order valence-corrected chi connectivity index (χ3v) is 5.95. The van der Waals surface area contributed by atoms with E-state index in [9.17, 15) is 8.42 Å². The van der Waals surface area contributed by atoms with E-state index in [4.69, 9.17) is 0 Å². The molecule has 1 saturated heterocycles. The summed E-state index contributed by atoms with van der Waals surface area (Å²) >= 11 is 1.75. The molecule has 1 aliphatic heterocycles. The van der Waals surface area contributed by atoms with Gasteiger partial charge in [-0.15, -0.1) is 0 Å². The van der Waals surface area contributed by atoms with Gasteiger partial charge in [0.1, 0.15) is 0 Å². The van der Waals surface area contributed by atoms with E-state index in [0.717, 1.165) is 25.1 Å². The first kappa shape index (κ1) is 17.2. The number of piperidine rings is 1. The highest BCUT2D eigenvalue weighted by Gasteiger charge is 2.27. The number of nitrogens with zero attached hydrogens (tertiary/aromatic N) is 1.